The van der Waals surface area contributed by atoms with Gasteiger partial charge in [0.05, 0.1) is 24.3 Å². The van der Waals surface area contributed by atoms with Gasteiger partial charge in [-0.25, -0.2) is 0 Å². The molecule has 0 aromatic carbocycles. The lowest BCUT2D eigenvalue weighted by atomic mass is 9.44. The van der Waals surface area contributed by atoms with Crippen LogP contribution >= 0.6 is 11.6 Å². The minimum atomic E-state index is -1.87. The number of fused-ring (bicyclic) bond motifs is 1. The quantitative estimate of drug-likeness (QED) is 0.505. The topological polar surface area (TPSA) is 95.2 Å². The summed E-state index contributed by atoms with van der Waals surface area (Å²) in [5, 5.41) is 39.0. The summed E-state index contributed by atoms with van der Waals surface area (Å²) in [6.45, 7) is 0. The maximum absolute atomic E-state index is 9.83. The number of allylic oxidation sites excluding steroid dienone is 4. The van der Waals surface area contributed by atoms with Crippen LogP contribution in [0.2, 0.25) is 0 Å². The van der Waals surface area contributed by atoms with Crippen molar-refractivity contribution in [2.45, 2.75) is 37.0 Å². The Morgan fingerprint density at radius 3 is 1.77 bits per heavy atom. The highest BCUT2D eigenvalue weighted by molar-refractivity contribution is 6.30. The summed E-state index contributed by atoms with van der Waals surface area (Å²) in [5.41, 5.74) is -1.97. The van der Waals surface area contributed by atoms with Gasteiger partial charge >= 0.3 is 0 Å². The molecule has 4 aliphatic carbocycles. The van der Waals surface area contributed by atoms with Crippen LogP contribution in [0.15, 0.2) is 23.3 Å². The van der Waals surface area contributed by atoms with Gasteiger partial charge in [-0.2, -0.15) is 21.0 Å². The molecule has 4 rings (SSSR count). The number of alkyl halides is 1. The molecule has 4 aliphatic rings. The molecule has 0 amide bonds. The van der Waals surface area contributed by atoms with E-state index < -0.39 is 21.6 Å². The number of hydrogen-bond donors (Lipinski definition) is 0. The lowest BCUT2D eigenvalue weighted by molar-refractivity contribution is 0.175. The average Bonchev–Trinajstić information content (AvgIpc) is 2.55. The Labute approximate surface area is 134 Å². The summed E-state index contributed by atoms with van der Waals surface area (Å²) in [5.74, 6) is -0.550. The highest BCUT2D eigenvalue weighted by atomic mass is 35.5. The van der Waals surface area contributed by atoms with Crippen molar-refractivity contribution >= 4 is 11.6 Å². The van der Waals surface area contributed by atoms with E-state index >= 15 is 0 Å². The molecule has 4 bridgehead atoms. The molecular weight excluding hydrogens is 296 g/mol. The Morgan fingerprint density at radius 2 is 1.36 bits per heavy atom. The number of rotatable bonds is 0. The van der Waals surface area contributed by atoms with Crippen LogP contribution in [0.3, 0.4) is 0 Å². The van der Waals surface area contributed by atoms with Crippen LogP contribution in [-0.4, -0.2) is 4.87 Å². The van der Waals surface area contributed by atoms with Crippen molar-refractivity contribution in [1.29, 1.82) is 21.0 Å². The normalized spacial score (nSPS) is 26.8. The van der Waals surface area contributed by atoms with Gasteiger partial charge in [-0.3, -0.25) is 0 Å². The van der Waals surface area contributed by atoms with Gasteiger partial charge in [-0.05, 0) is 36.8 Å². The number of nitrogens with zero attached hydrogens (tertiary/aromatic N) is 4. The van der Waals surface area contributed by atoms with Gasteiger partial charge in [0.15, 0.2) is 5.41 Å². The lowest BCUT2D eigenvalue weighted by Crippen LogP contribution is -2.62. The van der Waals surface area contributed by atoms with E-state index in [0.717, 1.165) is 30.4 Å². The number of nitriles is 4. The molecule has 0 aromatic rings. The largest absolute Gasteiger partial charge is 0.202 e. The van der Waals surface area contributed by atoms with Gasteiger partial charge in [0.25, 0.3) is 0 Å². The summed E-state index contributed by atoms with van der Waals surface area (Å²) >= 11 is 6.92. The summed E-state index contributed by atoms with van der Waals surface area (Å²) in [7, 11) is 0. The summed E-state index contributed by atoms with van der Waals surface area (Å²) in [6, 6.07) is 7.90. The van der Waals surface area contributed by atoms with Gasteiger partial charge in [0.1, 0.15) is 4.87 Å². The van der Waals surface area contributed by atoms with Gasteiger partial charge in [0, 0.05) is 5.92 Å². The van der Waals surface area contributed by atoms with Gasteiger partial charge in [0.2, 0.25) is 5.41 Å². The van der Waals surface area contributed by atoms with Crippen molar-refractivity contribution in [2.24, 2.45) is 16.7 Å². The SMILES string of the molecule is N#CC1(C#N)C2C=C3CCCCCC(=C2)C3(Cl)C1(C#N)C#N. The molecular formula is C17H13ClN4. The first-order chi connectivity index (χ1) is 10.6. The maximum atomic E-state index is 9.83. The predicted molar refractivity (Wildman–Crippen MR) is 78.6 cm³/mol. The van der Waals surface area contributed by atoms with Crippen molar-refractivity contribution < 1.29 is 0 Å². The second-order valence-electron chi connectivity index (χ2n) is 6.13. The second-order valence-corrected chi connectivity index (χ2v) is 6.70. The van der Waals surface area contributed by atoms with E-state index in [4.69, 9.17) is 11.6 Å². The van der Waals surface area contributed by atoms with Crippen LogP contribution in [0.25, 0.3) is 0 Å². The molecule has 4 nitrogen and oxygen atoms in total. The smallest absolute Gasteiger partial charge is 0.196 e. The molecule has 1 saturated carbocycles. The molecule has 1 fully saturated rings. The molecule has 0 aromatic heterocycles. The molecule has 0 heterocycles. The van der Waals surface area contributed by atoms with Gasteiger partial charge in [-0.15, -0.1) is 11.6 Å². The minimum absolute atomic E-state index is 0.550. The Bertz CT molecular complexity index is 710. The third-order valence-electron chi connectivity index (χ3n) is 5.34. The molecule has 0 radical (unpaired) electrons. The highest BCUT2D eigenvalue weighted by Gasteiger charge is 2.74. The Balaban J connectivity index is 2.40. The van der Waals surface area contributed by atoms with Crippen LogP contribution in [0.4, 0.5) is 0 Å². The molecule has 22 heavy (non-hydrogen) atoms. The van der Waals surface area contributed by atoms with Crippen LogP contribution in [0.1, 0.15) is 32.1 Å². The molecule has 0 aliphatic heterocycles. The third kappa shape index (κ3) is 1.30. The lowest BCUT2D eigenvalue weighted by Gasteiger charge is -2.55. The van der Waals surface area contributed by atoms with E-state index in [2.05, 4.69) is 0 Å². The van der Waals surface area contributed by atoms with Gasteiger partial charge < -0.3 is 0 Å². The molecule has 5 heteroatoms. The minimum Gasteiger partial charge on any atom is -0.196 e. The average molecular weight is 309 g/mol. The second kappa shape index (κ2) is 4.61. The Hall–Kier alpha value is -2.27. The van der Waals surface area contributed by atoms with E-state index in [1.165, 1.54) is 0 Å². The van der Waals surface area contributed by atoms with Crippen LogP contribution in [-0.2, 0) is 0 Å². The molecule has 0 unspecified atom stereocenters. The molecule has 0 saturated heterocycles. The first-order valence-corrected chi connectivity index (χ1v) is 7.70. The monoisotopic (exact) mass is 308 g/mol. The fourth-order valence-electron chi connectivity index (χ4n) is 4.19. The van der Waals surface area contributed by atoms with Crippen molar-refractivity contribution in [1.82, 2.24) is 0 Å². The van der Waals surface area contributed by atoms with Crippen LogP contribution < -0.4 is 0 Å². The molecule has 0 N–H and O–H groups in total. The zero-order valence-corrected chi connectivity index (χ0v) is 12.7. The van der Waals surface area contributed by atoms with Crippen LogP contribution in [0, 0.1) is 62.1 Å². The van der Waals surface area contributed by atoms with Crippen molar-refractivity contribution in [3.05, 3.63) is 23.3 Å². The zero-order valence-electron chi connectivity index (χ0n) is 11.9. The van der Waals surface area contributed by atoms with Crippen molar-refractivity contribution in [3.63, 3.8) is 0 Å². The fraction of sp³-hybridized carbons (Fsp3) is 0.529. The molecule has 0 spiro atoms. The third-order valence-corrected chi connectivity index (χ3v) is 6.10. The van der Waals surface area contributed by atoms with E-state index in [0.29, 0.717) is 12.8 Å². The Kier molecular flexibility index (Phi) is 3.07. The molecule has 0 atom stereocenters. The first-order valence-electron chi connectivity index (χ1n) is 7.32. The summed E-state index contributed by atoms with van der Waals surface area (Å²) < 4.78 is 0. The summed E-state index contributed by atoms with van der Waals surface area (Å²) in [6.07, 6.45) is 8.06. The first kappa shape index (κ1) is 14.7. The predicted octanol–water partition coefficient (Wildman–Crippen LogP) is 3.49. The van der Waals surface area contributed by atoms with Crippen LogP contribution in [0.5, 0.6) is 0 Å². The van der Waals surface area contributed by atoms with E-state index in [1.54, 1.807) is 0 Å². The molecule has 108 valence electrons. The van der Waals surface area contributed by atoms with E-state index in [-0.39, 0.29) is 0 Å². The van der Waals surface area contributed by atoms with Crippen molar-refractivity contribution in [3.8, 4) is 24.3 Å². The van der Waals surface area contributed by atoms with Gasteiger partial charge in [-0.1, -0.05) is 18.6 Å². The van der Waals surface area contributed by atoms with E-state index in [9.17, 15) is 21.0 Å². The highest BCUT2D eigenvalue weighted by Crippen LogP contribution is 2.67. The zero-order chi connectivity index (χ0) is 16.0. The fourth-order valence-corrected chi connectivity index (χ4v) is 4.74. The number of halogens is 1. The Morgan fingerprint density at radius 1 is 0.864 bits per heavy atom. The summed E-state index contributed by atoms with van der Waals surface area (Å²) in [4.78, 5) is -1.35. The van der Waals surface area contributed by atoms with E-state index in [1.807, 2.05) is 36.4 Å². The van der Waals surface area contributed by atoms with Crippen molar-refractivity contribution in [2.75, 3.05) is 0 Å². The number of hydrogen-bond acceptors (Lipinski definition) is 4. The maximum Gasteiger partial charge on any atom is 0.202 e. The standard InChI is InChI=1S/C17H13ClN4/c18-17-12-4-2-1-3-5-13(17)7-14(6-12)15(8-19,9-20)16(17,10-21)11-22/h6-7,14H,1-5H2.